The van der Waals surface area contributed by atoms with Crippen LogP contribution >= 0.6 is 0 Å². The third-order valence-corrected chi connectivity index (χ3v) is 3.78. The molecule has 1 aromatic rings. The molecular weight excluding hydrogens is 283 g/mol. The van der Waals surface area contributed by atoms with E-state index in [9.17, 15) is 9.18 Å². The van der Waals surface area contributed by atoms with Crippen LogP contribution in [0.5, 0.6) is 0 Å². The Balaban J connectivity index is 1.85. The van der Waals surface area contributed by atoms with E-state index >= 15 is 0 Å². The first-order chi connectivity index (χ1) is 10.2. The van der Waals surface area contributed by atoms with E-state index in [-0.39, 0.29) is 24.0 Å². The molecule has 2 unspecified atom stereocenters. The third-order valence-electron chi connectivity index (χ3n) is 3.78. The lowest BCUT2D eigenvalue weighted by Gasteiger charge is -2.22. The Morgan fingerprint density at radius 2 is 1.95 bits per heavy atom. The average Bonchev–Trinajstić information content (AvgIpc) is 2.80. The molecule has 1 aliphatic rings. The van der Waals surface area contributed by atoms with Crippen molar-refractivity contribution in [1.82, 2.24) is 5.32 Å². The number of ether oxygens (including phenoxy) is 1. The summed E-state index contributed by atoms with van der Waals surface area (Å²) in [5.41, 5.74) is 0.966. The molecule has 22 heavy (non-hydrogen) atoms. The van der Waals surface area contributed by atoms with E-state index in [0.29, 0.717) is 5.56 Å². The van der Waals surface area contributed by atoms with E-state index in [0.717, 1.165) is 24.9 Å². The van der Waals surface area contributed by atoms with E-state index in [1.54, 1.807) is 13.0 Å². The van der Waals surface area contributed by atoms with Crippen LogP contribution in [0.4, 0.5) is 14.9 Å². The van der Waals surface area contributed by atoms with Gasteiger partial charge in [0.1, 0.15) is 11.4 Å². The summed E-state index contributed by atoms with van der Waals surface area (Å²) in [5.74, 6) is -0.202. The molecule has 1 aromatic carbocycles. The standard InChI is InChI=1S/C17H25FN2O2/c1-11-14(18)6-5-7-15(11)19-12-8-9-13(10-12)20-16(21)22-17(2,3)4/h5-7,12-13,19H,8-10H2,1-4H3,(H,20,21). The highest BCUT2D eigenvalue weighted by molar-refractivity contribution is 5.68. The molecule has 1 amide bonds. The minimum absolute atomic E-state index is 0.0983. The number of amides is 1. The second-order valence-electron chi connectivity index (χ2n) is 6.91. The number of rotatable bonds is 3. The summed E-state index contributed by atoms with van der Waals surface area (Å²) >= 11 is 0. The Kier molecular flexibility index (Phi) is 4.94. The number of carbonyl (C=O) groups excluding carboxylic acids is 1. The van der Waals surface area contributed by atoms with Crippen molar-refractivity contribution >= 4 is 11.8 Å². The Labute approximate surface area is 131 Å². The Hall–Kier alpha value is -1.78. The van der Waals surface area contributed by atoms with Gasteiger partial charge in [-0.2, -0.15) is 0 Å². The third kappa shape index (κ3) is 4.61. The fraction of sp³-hybridized carbons (Fsp3) is 0.588. The van der Waals surface area contributed by atoms with Gasteiger partial charge in [0.2, 0.25) is 0 Å². The summed E-state index contributed by atoms with van der Waals surface area (Å²) in [4.78, 5) is 11.8. The minimum Gasteiger partial charge on any atom is -0.444 e. The first-order valence-corrected chi connectivity index (χ1v) is 7.76. The number of halogens is 1. The number of carbonyl (C=O) groups is 1. The SMILES string of the molecule is Cc1c(F)cccc1NC1CCC(NC(=O)OC(C)(C)C)C1. The van der Waals surface area contributed by atoms with Crippen molar-refractivity contribution in [2.24, 2.45) is 0 Å². The van der Waals surface area contributed by atoms with Gasteiger partial charge in [-0.3, -0.25) is 0 Å². The molecular formula is C17H25FN2O2. The quantitative estimate of drug-likeness (QED) is 0.887. The zero-order chi connectivity index (χ0) is 16.3. The van der Waals surface area contributed by atoms with Crippen molar-refractivity contribution in [1.29, 1.82) is 0 Å². The highest BCUT2D eigenvalue weighted by Crippen LogP contribution is 2.26. The Bertz CT molecular complexity index is 540. The molecule has 4 nitrogen and oxygen atoms in total. The molecule has 0 heterocycles. The van der Waals surface area contributed by atoms with Gasteiger partial charge in [0.05, 0.1) is 0 Å². The molecule has 0 saturated heterocycles. The number of hydrogen-bond acceptors (Lipinski definition) is 3. The van der Waals surface area contributed by atoms with Crippen LogP contribution in [0, 0.1) is 12.7 Å². The van der Waals surface area contributed by atoms with Crippen LogP contribution in [0.1, 0.15) is 45.6 Å². The maximum Gasteiger partial charge on any atom is 0.407 e. The number of alkyl carbamates (subject to hydrolysis) is 1. The predicted octanol–water partition coefficient (Wildman–Crippen LogP) is 3.99. The van der Waals surface area contributed by atoms with Crippen LogP contribution in [0.2, 0.25) is 0 Å². The van der Waals surface area contributed by atoms with Crippen molar-refractivity contribution < 1.29 is 13.9 Å². The van der Waals surface area contributed by atoms with Crippen LogP contribution < -0.4 is 10.6 Å². The molecule has 5 heteroatoms. The second-order valence-corrected chi connectivity index (χ2v) is 6.91. The Morgan fingerprint density at radius 1 is 1.27 bits per heavy atom. The summed E-state index contributed by atoms with van der Waals surface area (Å²) in [6, 6.07) is 5.38. The first kappa shape index (κ1) is 16.6. The van der Waals surface area contributed by atoms with Crippen molar-refractivity contribution in [3.63, 3.8) is 0 Å². The van der Waals surface area contributed by atoms with Gasteiger partial charge in [-0.05, 0) is 59.1 Å². The highest BCUT2D eigenvalue weighted by Gasteiger charge is 2.27. The van der Waals surface area contributed by atoms with E-state index in [4.69, 9.17) is 4.74 Å². The lowest BCUT2D eigenvalue weighted by Crippen LogP contribution is -2.38. The van der Waals surface area contributed by atoms with E-state index in [2.05, 4.69) is 10.6 Å². The number of anilines is 1. The van der Waals surface area contributed by atoms with Gasteiger partial charge in [0, 0.05) is 23.3 Å². The monoisotopic (exact) mass is 308 g/mol. The molecule has 0 radical (unpaired) electrons. The maximum atomic E-state index is 13.5. The maximum absolute atomic E-state index is 13.5. The summed E-state index contributed by atoms with van der Waals surface area (Å²) < 4.78 is 18.8. The van der Waals surface area contributed by atoms with E-state index < -0.39 is 5.60 Å². The summed E-state index contributed by atoms with van der Waals surface area (Å²) in [5, 5.41) is 6.27. The number of benzene rings is 1. The molecule has 2 rings (SSSR count). The van der Waals surface area contributed by atoms with E-state index in [1.807, 2.05) is 26.8 Å². The van der Waals surface area contributed by atoms with Crippen molar-refractivity contribution in [2.75, 3.05) is 5.32 Å². The van der Waals surface area contributed by atoms with Crippen LogP contribution in [0.3, 0.4) is 0 Å². The van der Waals surface area contributed by atoms with Crippen LogP contribution in [-0.2, 0) is 4.74 Å². The summed E-state index contributed by atoms with van der Waals surface area (Å²) in [6.45, 7) is 7.30. The molecule has 0 bridgehead atoms. The minimum atomic E-state index is -0.487. The lowest BCUT2D eigenvalue weighted by molar-refractivity contribution is 0.0505. The molecule has 2 atom stereocenters. The molecule has 0 aromatic heterocycles. The smallest absolute Gasteiger partial charge is 0.407 e. The first-order valence-electron chi connectivity index (χ1n) is 7.76. The average molecular weight is 308 g/mol. The van der Waals surface area contributed by atoms with Gasteiger partial charge >= 0.3 is 6.09 Å². The fourth-order valence-electron chi connectivity index (χ4n) is 2.70. The van der Waals surface area contributed by atoms with Crippen molar-refractivity contribution in [3.8, 4) is 0 Å². The highest BCUT2D eigenvalue weighted by atomic mass is 19.1. The predicted molar refractivity (Wildman–Crippen MR) is 85.6 cm³/mol. The van der Waals surface area contributed by atoms with Crippen LogP contribution in [0.15, 0.2) is 18.2 Å². The number of hydrogen-bond donors (Lipinski definition) is 2. The van der Waals surface area contributed by atoms with Crippen LogP contribution in [0.25, 0.3) is 0 Å². The van der Waals surface area contributed by atoms with Gasteiger partial charge in [0.25, 0.3) is 0 Å². The molecule has 122 valence electrons. The Morgan fingerprint density at radius 3 is 2.64 bits per heavy atom. The molecule has 1 saturated carbocycles. The van der Waals surface area contributed by atoms with Gasteiger partial charge in [-0.1, -0.05) is 6.07 Å². The van der Waals surface area contributed by atoms with Gasteiger partial charge in [-0.25, -0.2) is 9.18 Å². The molecule has 2 N–H and O–H groups in total. The topological polar surface area (TPSA) is 50.4 Å². The van der Waals surface area contributed by atoms with Gasteiger partial charge in [0.15, 0.2) is 0 Å². The van der Waals surface area contributed by atoms with Gasteiger partial charge in [-0.15, -0.1) is 0 Å². The van der Waals surface area contributed by atoms with Crippen LogP contribution in [-0.4, -0.2) is 23.8 Å². The van der Waals surface area contributed by atoms with Gasteiger partial charge < -0.3 is 15.4 Å². The van der Waals surface area contributed by atoms with E-state index in [1.165, 1.54) is 6.07 Å². The molecule has 1 fully saturated rings. The molecule has 1 aliphatic carbocycles. The lowest BCUT2D eigenvalue weighted by atomic mass is 10.1. The zero-order valence-corrected chi connectivity index (χ0v) is 13.7. The van der Waals surface area contributed by atoms with Crippen molar-refractivity contribution in [2.45, 2.75) is 64.6 Å². The summed E-state index contributed by atoms with van der Waals surface area (Å²) in [6.07, 6.45) is 2.27. The fourth-order valence-corrected chi connectivity index (χ4v) is 2.70. The van der Waals surface area contributed by atoms with Crippen molar-refractivity contribution in [3.05, 3.63) is 29.6 Å². The zero-order valence-electron chi connectivity index (χ0n) is 13.7. The summed E-state index contributed by atoms with van der Waals surface area (Å²) in [7, 11) is 0. The molecule has 0 spiro atoms. The normalized spacial score (nSPS) is 21.5. The second kappa shape index (κ2) is 6.55. The largest absolute Gasteiger partial charge is 0.444 e. The molecule has 0 aliphatic heterocycles. The number of nitrogens with one attached hydrogen (secondary N) is 2.